The SMILES string of the molecule is Cc1[c]cc2oc3ccccc3c2c1. The normalized spacial score (nSPS) is 11.2. The van der Waals surface area contributed by atoms with E-state index in [1.807, 2.05) is 31.2 Å². The van der Waals surface area contributed by atoms with E-state index in [1.54, 1.807) is 0 Å². The second-order valence-corrected chi connectivity index (χ2v) is 3.49. The lowest BCUT2D eigenvalue weighted by Crippen LogP contribution is -1.70. The highest BCUT2D eigenvalue weighted by Gasteiger charge is 2.04. The number of hydrogen-bond donors (Lipinski definition) is 0. The van der Waals surface area contributed by atoms with Crippen LogP contribution in [0.2, 0.25) is 0 Å². The van der Waals surface area contributed by atoms with Gasteiger partial charge in [-0.1, -0.05) is 18.2 Å². The fraction of sp³-hybridized carbons (Fsp3) is 0.0769. The van der Waals surface area contributed by atoms with E-state index in [1.165, 1.54) is 10.8 Å². The van der Waals surface area contributed by atoms with Crippen molar-refractivity contribution in [1.29, 1.82) is 0 Å². The van der Waals surface area contributed by atoms with Crippen LogP contribution in [-0.2, 0) is 0 Å². The molecular formula is C13H9O. The summed E-state index contributed by atoms with van der Waals surface area (Å²) in [7, 11) is 0. The first kappa shape index (κ1) is 7.63. The zero-order chi connectivity index (χ0) is 9.54. The van der Waals surface area contributed by atoms with Gasteiger partial charge in [0, 0.05) is 10.8 Å². The first-order valence-corrected chi connectivity index (χ1v) is 4.64. The zero-order valence-electron chi connectivity index (χ0n) is 7.87. The molecule has 1 heterocycles. The summed E-state index contributed by atoms with van der Waals surface area (Å²) in [5, 5.41) is 2.36. The van der Waals surface area contributed by atoms with Crippen molar-refractivity contribution in [3.63, 3.8) is 0 Å². The Hall–Kier alpha value is -1.76. The first-order valence-electron chi connectivity index (χ1n) is 4.64. The minimum Gasteiger partial charge on any atom is -0.456 e. The summed E-state index contributed by atoms with van der Waals surface area (Å²) in [6, 6.07) is 15.3. The van der Waals surface area contributed by atoms with E-state index in [4.69, 9.17) is 4.42 Å². The summed E-state index contributed by atoms with van der Waals surface area (Å²) in [4.78, 5) is 0. The van der Waals surface area contributed by atoms with Crippen LogP contribution in [0, 0.1) is 13.0 Å². The summed E-state index contributed by atoms with van der Waals surface area (Å²) in [6.45, 7) is 2.04. The lowest BCUT2D eigenvalue weighted by molar-refractivity contribution is 0.669. The van der Waals surface area contributed by atoms with Crippen molar-refractivity contribution in [3.05, 3.63) is 48.0 Å². The minimum absolute atomic E-state index is 0.914. The van der Waals surface area contributed by atoms with Crippen LogP contribution >= 0.6 is 0 Å². The highest BCUT2D eigenvalue weighted by atomic mass is 16.3. The number of benzene rings is 2. The van der Waals surface area contributed by atoms with Crippen LogP contribution in [0.15, 0.2) is 40.8 Å². The molecule has 0 aliphatic heterocycles. The molecular weight excluding hydrogens is 172 g/mol. The molecule has 1 heteroatoms. The molecule has 0 amide bonds. The van der Waals surface area contributed by atoms with Crippen LogP contribution in [0.3, 0.4) is 0 Å². The summed E-state index contributed by atoms with van der Waals surface area (Å²) in [5.74, 6) is 0. The van der Waals surface area contributed by atoms with Gasteiger partial charge in [-0.05, 0) is 36.8 Å². The molecule has 0 N–H and O–H groups in total. The van der Waals surface area contributed by atoms with E-state index < -0.39 is 0 Å². The average molecular weight is 181 g/mol. The van der Waals surface area contributed by atoms with E-state index in [0.717, 1.165) is 16.7 Å². The Morgan fingerprint density at radius 2 is 1.93 bits per heavy atom. The van der Waals surface area contributed by atoms with Gasteiger partial charge in [0.25, 0.3) is 0 Å². The summed E-state index contributed by atoms with van der Waals surface area (Å²) in [5.41, 5.74) is 3.00. The lowest BCUT2D eigenvalue weighted by Gasteiger charge is -1.90. The van der Waals surface area contributed by atoms with E-state index >= 15 is 0 Å². The smallest absolute Gasteiger partial charge is 0.136 e. The molecule has 67 valence electrons. The standard InChI is InChI=1S/C13H9O/c1-9-6-7-13-11(8-9)10-4-2-3-5-12(10)14-13/h2-5,7-8H,1H3. The number of furan rings is 1. The highest BCUT2D eigenvalue weighted by Crippen LogP contribution is 2.28. The van der Waals surface area contributed by atoms with E-state index in [-0.39, 0.29) is 0 Å². The number of fused-ring (bicyclic) bond motifs is 3. The van der Waals surface area contributed by atoms with Crippen molar-refractivity contribution < 1.29 is 4.42 Å². The Morgan fingerprint density at radius 1 is 1.07 bits per heavy atom. The van der Waals surface area contributed by atoms with Crippen molar-refractivity contribution in [2.45, 2.75) is 6.92 Å². The fourth-order valence-corrected chi connectivity index (χ4v) is 1.78. The molecule has 0 bridgehead atoms. The maximum absolute atomic E-state index is 5.68. The monoisotopic (exact) mass is 181 g/mol. The van der Waals surface area contributed by atoms with Gasteiger partial charge in [-0.3, -0.25) is 0 Å². The molecule has 0 saturated heterocycles. The quantitative estimate of drug-likeness (QED) is 0.515. The summed E-state index contributed by atoms with van der Waals surface area (Å²) in [6.07, 6.45) is 0. The topological polar surface area (TPSA) is 13.1 Å². The zero-order valence-corrected chi connectivity index (χ0v) is 7.87. The molecule has 1 nitrogen and oxygen atoms in total. The van der Waals surface area contributed by atoms with Crippen molar-refractivity contribution in [1.82, 2.24) is 0 Å². The van der Waals surface area contributed by atoms with Gasteiger partial charge >= 0.3 is 0 Å². The van der Waals surface area contributed by atoms with E-state index in [2.05, 4.69) is 18.2 Å². The van der Waals surface area contributed by atoms with Crippen molar-refractivity contribution in [2.24, 2.45) is 0 Å². The molecule has 3 aromatic rings. The molecule has 1 aromatic heterocycles. The second kappa shape index (κ2) is 2.61. The average Bonchev–Trinajstić information content (AvgIpc) is 2.56. The summed E-state index contributed by atoms with van der Waals surface area (Å²) >= 11 is 0. The van der Waals surface area contributed by atoms with Crippen molar-refractivity contribution in [3.8, 4) is 0 Å². The minimum atomic E-state index is 0.914. The van der Waals surface area contributed by atoms with Crippen LogP contribution in [0.1, 0.15) is 5.56 Å². The largest absolute Gasteiger partial charge is 0.456 e. The van der Waals surface area contributed by atoms with Gasteiger partial charge < -0.3 is 4.42 Å². The van der Waals surface area contributed by atoms with Crippen LogP contribution < -0.4 is 0 Å². The predicted molar refractivity (Wildman–Crippen MR) is 57.3 cm³/mol. The van der Waals surface area contributed by atoms with Gasteiger partial charge in [-0.25, -0.2) is 0 Å². The van der Waals surface area contributed by atoms with Gasteiger partial charge in [0.05, 0.1) is 0 Å². The third-order valence-electron chi connectivity index (χ3n) is 2.45. The Morgan fingerprint density at radius 3 is 2.86 bits per heavy atom. The van der Waals surface area contributed by atoms with Crippen LogP contribution in [0.5, 0.6) is 0 Å². The molecule has 1 radical (unpaired) electrons. The maximum Gasteiger partial charge on any atom is 0.136 e. The molecule has 0 atom stereocenters. The molecule has 0 fully saturated rings. The molecule has 0 aliphatic rings. The second-order valence-electron chi connectivity index (χ2n) is 3.49. The third-order valence-corrected chi connectivity index (χ3v) is 2.45. The maximum atomic E-state index is 5.68. The van der Waals surface area contributed by atoms with Crippen molar-refractivity contribution >= 4 is 21.9 Å². The number of rotatable bonds is 0. The van der Waals surface area contributed by atoms with E-state index in [9.17, 15) is 0 Å². The lowest BCUT2D eigenvalue weighted by atomic mass is 10.1. The van der Waals surface area contributed by atoms with Gasteiger partial charge in [-0.15, -0.1) is 0 Å². The van der Waals surface area contributed by atoms with E-state index in [0.29, 0.717) is 0 Å². The van der Waals surface area contributed by atoms with Gasteiger partial charge in [0.2, 0.25) is 0 Å². The predicted octanol–water partition coefficient (Wildman–Crippen LogP) is 3.69. The molecule has 0 saturated carbocycles. The first-order chi connectivity index (χ1) is 6.84. The fourth-order valence-electron chi connectivity index (χ4n) is 1.78. The Balaban J connectivity index is 2.58. The number of hydrogen-bond acceptors (Lipinski definition) is 1. The highest BCUT2D eigenvalue weighted by molar-refractivity contribution is 6.04. The molecule has 0 spiro atoms. The molecule has 14 heavy (non-hydrogen) atoms. The van der Waals surface area contributed by atoms with Gasteiger partial charge in [0.15, 0.2) is 0 Å². The Labute approximate surface area is 82.0 Å². The third kappa shape index (κ3) is 0.956. The van der Waals surface area contributed by atoms with Crippen LogP contribution in [-0.4, -0.2) is 0 Å². The Bertz CT molecular complexity index is 605. The van der Waals surface area contributed by atoms with Gasteiger partial charge in [0.1, 0.15) is 11.2 Å². The van der Waals surface area contributed by atoms with Crippen LogP contribution in [0.4, 0.5) is 0 Å². The van der Waals surface area contributed by atoms with Crippen LogP contribution in [0.25, 0.3) is 21.9 Å². The van der Waals surface area contributed by atoms with Crippen molar-refractivity contribution in [2.75, 3.05) is 0 Å². The van der Waals surface area contributed by atoms with Gasteiger partial charge in [-0.2, -0.15) is 0 Å². The number of para-hydroxylation sites is 1. The molecule has 2 aromatic carbocycles. The molecule has 0 aliphatic carbocycles. The Kier molecular flexibility index (Phi) is 1.42. The summed E-state index contributed by atoms with van der Waals surface area (Å²) < 4.78 is 5.68. The number of aryl methyl sites for hydroxylation is 1. The molecule has 0 unspecified atom stereocenters. The molecule has 3 rings (SSSR count).